The monoisotopic (exact) mass is 475 g/mol. The molecule has 1 amide bonds. The second-order valence-electron chi connectivity index (χ2n) is 7.34. The highest BCUT2D eigenvalue weighted by atomic mass is 32.2. The lowest BCUT2D eigenvalue weighted by atomic mass is 10.1. The minimum atomic E-state index is -4.05. The van der Waals surface area contributed by atoms with E-state index in [1.54, 1.807) is 36.5 Å². The van der Waals surface area contributed by atoms with Crippen molar-refractivity contribution >= 4 is 38.3 Å². The van der Waals surface area contributed by atoms with Gasteiger partial charge in [0.05, 0.1) is 33.4 Å². The Balaban J connectivity index is 1.41. The quantitative estimate of drug-likeness (QED) is 0.295. The van der Waals surface area contributed by atoms with Gasteiger partial charge in [-0.05, 0) is 42.5 Å². The predicted octanol–water partition coefficient (Wildman–Crippen LogP) is 3.56. The molecular formula is C23H17N5O5S. The number of para-hydroxylation sites is 1. The van der Waals surface area contributed by atoms with E-state index in [2.05, 4.69) is 25.0 Å². The van der Waals surface area contributed by atoms with Crippen molar-refractivity contribution in [1.82, 2.24) is 15.0 Å². The standard InChI is InChI=1S/C23H17N5O5S/c29-22(25-15-5-3-4-14(10-15)21-12-24-13-33-21)17-6-1-2-7-18(17)28-34(31,32)16-8-9-19-20(11-16)27-23(30)26-19/h1-13,28H,(H,25,29)(H2,26,27,30). The van der Waals surface area contributed by atoms with Crippen LogP contribution in [0.15, 0.2) is 93.4 Å². The molecule has 34 heavy (non-hydrogen) atoms. The van der Waals surface area contributed by atoms with Crippen LogP contribution in [0.1, 0.15) is 10.4 Å². The molecule has 0 atom stereocenters. The van der Waals surface area contributed by atoms with Gasteiger partial charge in [0.15, 0.2) is 12.2 Å². The zero-order valence-corrected chi connectivity index (χ0v) is 18.2. The van der Waals surface area contributed by atoms with E-state index >= 15 is 0 Å². The Morgan fingerprint density at radius 3 is 2.59 bits per heavy atom. The van der Waals surface area contributed by atoms with Gasteiger partial charge in [0.1, 0.15) is 0 Å². The third-order valence-corrected chi connectivity index (χ3v) is 6.41. The number of hydrogen-bond acceptors (Lipinski definition) is 6. The van der Waals surface area contributed by atoms with Gasteiger partial charge in [-0.2, -0.15) is 0 Å². The molecule has 0 radical (unpaired) electrons. The van der Waals surface area contributed by atoms with E-state index in [-0.39, 0.29) is 16.1 Å². The topological polar surface area (TPSA) is 150 Å². The van der Waals surface area contributed by atoms with Crippen molar-refractivity contribution in [2.24, 2.45) is 0 Å². The minimum absolute atomic E-state index is 0.0646. The number of nitrogens with one attached hydrogen (secondary N) is 4. The molecule has 0 saturated heterocycles. The molecule has 11 heteroatoms. The number of anilines is 2. The van der Waals surface area contributed by atoms with Crippen molar-refractivity contribution in [3.63, 3.8) is 0 Å². The number of benzene rings is 3. The number of amides is 1. The largest absolute Gasteiger partial charge is 0.444 e. The number of H-pyrrole nitrogens is 2. The number of carbonyl (C=O) groups is 1. The van der Waals surface area contributed by atoms with Gasteiger partial charge in [0.25, 0.3) is 15.9 Å². The second kappa shape index (κ2) is 8.37. The van der Waals surface area contributed by atoms with Crippen LogP contribution in [0.5, 0.6) is 0 Å². The molecule has 5 rings (SSSR count). The van der Waals surface area contributed by atoms with Crippen LogP contribution in [0, 0.1) is 0 Å². The Kier molecular flexibility index (Phi) is 5.22. The van der Waals surface area contributed by atoms with E-state index in [1.807, 2.05) is 6.07 Å². The average Bonchev–Trinajstić information content (AvgIpc) is 3.48. The lowest BCUT2D eigenvalue weighted by Gasteiger charge is -2.13. The SMILES string of the molecule is O=C(Nc1cccc(-c2cnco2)c1)c1ccccc1NS(=O)(=O)c1ccc2[nH]c(=O)[nH]c2c1. The summed E-state index contributed by atoms with van der Waals surface area (Å²) < 4.78 is 33.7. The maximum Gasteiger partial charge on any atom is 0.323 e. The molecule has 0 saturated carbocycles. The van der Waals surface area contributed by atoms with Crippen LogP contribution in [0.3, 0.4) is 0 Å². The fourth-order valence-electron chi connectivity index (χ4n) is 3.46. The average molecular weight is 475 g/mol. The summed E-state index contributed by atoms with van der Waals surface area (Å²) >= 11 is 0. The summed E-state index contributed by atoms with van der Waals surface area (Å²) in [5.41, 5.74) is 1.86. The summed E-state index contributed by atoms with van der Waals surface area (Å²) in [6, 6.07) is 17.4. The molecule has 2 heterocycles. The number of carbonyl (C=O) groups excluding carboxylic acids is 1. The lowest BCUT2D eigenvalue weighted by Crippen LogP contribution is -2.18. The number of aromatic amines is 2. The Morgan fingerprint density at radius 2 is 1.76 bits per heavy atom. The molecule has 0 spiro atoms. The van der Waals surface area contributed by atoms with Gasteiger partial charge in [-0.1, -0.05) is 24.3 Å². The summed E-state index contributed by atoms with van der Waals surface area (Å²) in [7, 11) is -4.05. The fraction of sp³-hybridized carbons (Fsp3) is 0. The highest BCUT2D eigenvalue weighted by Crippen LogP contribution is 2.25. The summed E-state index contributed by atoms with van der Waals surface area (Å²) in [6.45, 7) is 0. The number of aromatic nitrogens is 3. The first kappa shape index (κ1) is 21.2. The zero-order chi connectivity index (χ0) is 23.7. The number of nitrogens with zero attached hydrogens (tertiary/aromatic N) is 1. The Morgan fingerprint density at radius 1 is 0.941 bits per heavy atom. The molecule has 3 aromatic carbocycles. The molecule has 0 fully saturated rings. The van der Waals surface area contributed by atoms with Crippen LogP contribution in [0.2, 0.25) is 0 Å². The number of oxazole rings is 1. The van der Waals surface area contributed by atoms with Gasteiger partial charge in [-0.25, -0.2) is 18.2 Å². The first-order valence-electron chi connectivity index (χ1n) is 10.0. The van der Waals surface area contributed by atoms with Crippen LogP contribution < -0.4 is 15.7 Å². The molecule has 0 aliphatic heterocycles. The summed E-state index contributed by atoms with van der Waals surface area (Å²) in [6.07, 6.45) is 2.87. The normalized spacial score (nSPS) is 11.4. The lowest BCUT2D eigenvalue weighted by molar-refractivity contribution is 0.102. The van der Waals surface area contributed by atoms with E-state index in [9.17, 15) is 18.0 Å². The maximum atomic E-state index is 13.0. The summed E-state index contributed by atoms with van der Waals surface area (Å²) in [4.78, 5) is 33.4. The van der Waals surface area contributed by atoms with Crippen LogP contribution in [-0.2, 0) is 10.0 Å². The molecular weight excluding hydrogens is 458 g/mol. The first-order chi connectivity index (χ1) is 16.4. The van der Waals surface area contributed by atoms with Gasteiger partial charge in [0, 0.05) is 11.3 Å². The Bertz CT molecular complexity index is 1670. The van der Waals surface area contributed by atoms with Crippen molar-refractivity contribution in [1.29, 1.82) is 0 Å². The molecule has 2 aromatic heterocycles. The maximum absolute atomic E-state index is 13.0. The molecule has 170 valence electrons. The van der Waals surface area contributed by atoms with E-state index < -0.39 is 21.6 Å². The van der Waals surface area contributed by atoms with Gasteiger partial charge >= 0.3 is 5.69 Å². The number of fused-ring (bicyclic) bond motifs is 1. The van der Waals surface area contributed by atoms with Crippen LogP contribution in [-0.4, -0.2) is 29.3 Å². The third kappa shape index (κ3) is 4.19. The van der Waals surface area contributed by atoms with Crippen molar-refractivity contribution in [3.05, 3.63) is 95.4 Å². The Hall–Kier alpha value is -4.64. The van der Waals surface area contributed by atoms with E-state index in [0.29, 0.717) is 22.5 Å². The number of rotatable bonds is 6. The molecule has 4 N–H and O–H groups in total. The van der Waals surface area contributed by atoms with Gasteiger partial charge < -0.3 is 19.7 Å². The predicted molar refractivity (Wildman–Crippen MR) is 126 cm³/mol. The molecule has 5 aromatic rings. The smallest absolute Gasteiger partial charge is 0.323 e. The van der Waals surface area contributed by atoms with Crippen molar-refractivity contribution < 1.29 is 17.6 Å². The van der Waals surface area contributed by atoms with Crippen LogP contribution >= 0.6 is 0 Å². The van der Waals surface area contributed by atoms with Gasteiger partial charge in [0.2, 0.25) is 0 Å². The minimum Gasteiger partial charge on any atom is -0.444 e. The summed E-state index contributed by atoms with van der Waals surface area (Å²) in [5, 5.41) is 2.77. The van der Waals surface area contributed by atoms with E-state index in [1.165, 1.54) is 36.7 Å². The highest BCUT2D eigenvalue weighted by Gasteiger charge is 2.20. The van der Waals surface area contributed by atoms with Crippen molar-refractivity contribution in [2.45, 2.75) is 4.90 Å². The van der Waals surface area contributed by atoms with E-state index in [0.717, 1.165) is 5.56 Å². The Labute approximate surface area is 192 Å². The van der Waals surface area contributed by atoms with Crippen LogP contribution in [0.4, 0.5) is 11.4 Å². The van der Waals surface area contributed by atoms with Crippen molar-refractivity contribution in [3.8, 4) is 11.3 Å². The summed E-state index contributed by atoms with van der Waals surface area (Å²) in [5.74, 6) is 0.0448. The van der Waals surface area contributed by atoms with Crippen molar-refractivity contribution in [2.75, 3.05) is 10.0 Å². The van der Waals surface area contributed by atoms with Gasteiger partial charge in [-0.3, -0.25) is 9.52 Å². The van der Waals surface area contributed by atoms with Crippen LogP contribution in [0.25, 0.3) is 22.4 Å². The van der Waals surface area contributed by atoms with Gasteiger partial charge in [-0.15, -0.1) is 0 Å². The third-order valence-electron chi connectivity index (χ3n) is 5.05. The molecule has 0 bridgehead atoms. The highest BCUT2D eigenvalue weighted by molar-refractivity contribution is 7.92. The van der Waals surface area contributed by atoms with E-state index in [4.69, 9.17) is 4.42 Å². The number of hydrogen-bond donors (Lipinski definition) is 4. The number of sulfonamides is 1. The molecule has 10 nitrogen and oxygen atoms in total. The first-order valence-corrected chi connectivity index (χ1v) is 11.5. The second-order valence-corrected chi connectivity index (χ2v) is 9.02. The molecule has 0 unspecified atom stereocenters. The number of imidazole rings is 1. The molecule has 0 aliphatic carbocycles. The molecule has 0 aliphatic rings. The zero-order valence-electron chi connectivity index (χ0n) is 17.4. The fourth-order valence-corrected chi connectivity index (χ4v) is 4.57.